The Bertz CT molecular complexity index is 557. The van der Waals surface area contributed by atoms with Crippen molar-refractivity contribution < 1.29 is 13.9 Å². The summed E-state index contributed by atoms with van der Waals surface area (Å²) in [7, 11) is 4.03. The van der Waals surface area contributed by atoms with Crippen LogP contribution in [-0.4, -0.2) is 31.6 Å². The third kappa shape index (κ3) is 2.71. The molecule has 96 valence electrons. The summed E-state index contributed by atoms with van der Waals surface area (Å²) in [5.74, 6) is -0.156. The minimum atomic E-state index is -0.414. The fourth-order valence-corrected chi connectivity index (χ4v) is 1.86. The maximum absolute atomic E-state index is 11.6. The maximum Gasteiger partial charge on any atom is 0.374 e. The van der Waals surface area contributed by atoms with E-state index in [0.717, 1.165) is 11.9 Å². The van der Waals surface area contributed by atoms with Crippen LogP contribution in [0, 0.1) is 0 Å². The van der Waals surface area contributed by atoms with Gasteiger partial charge in [-0.1, -0.05) is 6.07 Å². The Kier molecular flexibility index (Phi) is 3.67. The molecule has 0 aliphatic carbocycles. The molecule has 1 aromatic carbocycles. The lowest BCUT2D eigenvalue weighted by Gasteiger charge is -2.08. The maximum atomic E-state index is 11.6. The molecule has 0 atom stereocenters. The predicted octanol–water partition coefficient (Wildman–Crippen LogP) is 2.67. The van der Waals surface area contributed by atoms with Gasteiger partial charge in [-0.25, -0.2) is 4.79 Å². The van der Waals surface area contributed by atoms with Crippen molar-refractivity contribution in [3.05, 3.63) is 35.6 Å². The highest BCUT2D eigenvalue weighted by atomic mass is 16.5. The van der Waals surface area contributed by atoms with E-state index in [-0.39, 0.29) is 5.76 Å². The second kappa shape index (κ2) is 5.23. The van der Waals surface area contributed by atoms with Gasteiger partial charge in [0.1, 0.15) is 5.58 Å². The van der Waals surface area contributed by atoms with E-state index < -0.39 is 5.97 Å². The average Bonchev–Trinajstić information content (AvgIpc) is 2.71. The van der Waals surface area contributed by atoms with Crippen LogP contribution in [0.3, 0.4) is 0 Å². The summed E-state index contributed by atoms with van der Waals surface area (Å²) in [5.41, 5.74) is 1.89. The van der Waals surface area contributed by atoms with Crippen LogP contribution in [0.25, 0.3) is 11.0 Å². The highest BCUT2D eigenvalue weighted by molar-refractivity contribution is 5.92. The molecule has 0 amide bonds. The SMILES string of the molecule is CCOC(=O)c1cc2cc(CN(C)C)ccc2o1. The van der Waals surface area contributed by atoms with Crippen molar-refractivity contribution >= 4 is 16.9 Å². The Labute approximate surface area is 106 Å². The summed E-state index contributed by atoms with van der Waals surface area (Å²) >= 11 is 0. The summed E-state index contributed by atoms with van der Waals surface area (Å²) < 4.78 is 10.4. The van der Waals surface area contributed by atoms with E-state index in [9.17, 15) is 4.79 Å². The van der Waals surface area contributed by atoms with Gasteiger partial charge in [-0.3, -0.25) is 0 Å². The Hall–Kier alpha value is -1.81. The van der Waals surface area contributed by atoms with Crippen LogP contribution in [-0.2, 0) is 11.3 Å². The van der Waals surface area contributed by atoms with Crippen molar-refractivity contribution in [2.75, 3.05) is 20.7 Å². The topological polar surface area (TPSA) is 42.7 Å². The molecular formula is C14H17NO3. The van der Waals surface area contributed by atoms with Crippen LogP contribution in [0.15, 0.2) is 28.7 Å². The predicted molar refractivity (Wildman–Crippen MR) is 69.6 cm³/mol. The minimum Gasteiger partial charge on any atom is -0.460 e. The Balaban J connectivity index is 2.30. The van der Waals surface area contributed by atoms with E-state index in [0.29, 0.717) is 12.2 Å². The highest BCUT2D eigenvalue weighted by Gasteiger charge is 2.13. The van der Waals surface area contributed by atoms with E-state index >= 15 is 0 Å². The zero-order valence-electron chi connectivity index (χ0n) is 10.9. The van der Waals surface area contributed by atoms with Crippen molar-refractivity contribution in [3.8, 4) is 0 Å². The number of furan rings is 1. The second-order valence-corrected chi connectivity index (χ2v) is 4.44. The van der Waals surface area contributed by atoms with Crippen LogP contribution in [0.5, 0.6) is 0 Å². The van der Waals surface area contributed by atoms with E-state index in [1.165, 1.54) is 5.56 Å². The van der Waals surface area contributed by atoms with Crippen LogP contribution < -0.4 is 0 Å². The van der Waals surface area contributed by atoms with Crippen molar-refractivity contribution in [1.29, 1.82) is 0 Å². The molecule has 0 N–H and O–H groups in total. The normalized spacial score (nSPS) is 11.1. The molecule has 2 aromatic rings. The summed E-state index contributed by atoms with van der Waals surface area (Å²) in [6, 6.07) is 7.64. The number of hydrogen-bond acceptors (Lipinski definition) is 4. The van der Waals surface area contributed by atoms with Crippen LogP contribution in [0.2, 0.25) is 0 Å². The zero-order chi connectivity index (χ0) is 13.1. The Morgan fingerprint density at radius 2 is 2.11 bits per heavy atom. The lowest BCUT2D eigenvalue weighted by Crippen LogP contribution is -2.10. The molecule has 4 nitrogen and oxygen atoms in total. The van der Waals surface area contributed by atoms with Gasteiger partial charge < -0.3 is 14.1 Å². The molecular weight excluding hydrogens is 230 g/mol. The highest BCUT2D eigenvalue weighted by Crippen LogP contribution is 2.21. The van der Waals surface area contributed by atoms with E-state index in [1.54, 1.807) is 13.0 Å². The molecule has 18 heavy (non-hydrogen) atoms. The lowest BCUT2D eigenvalue weighted by atomic mass is 10.1. The number of esters is 1. The summed E-state index contributed by atoms with van der Waals surface area (Å²) in [6.07, 6.45) is 0. The molecule has 0 bridgehead atoms. The second-order valence-electron chi connectivity index (χ2n) is 4.44. The number of benzene rings is 1. The minimum absolute atomic E-state index is 0.258. The van der Waals surface area contributed by atoms with Gasteiger partial charge in [0.2, 0.25) is 5.76 Å². The van der Waals surface area contributed by atoms with Gasteiger partial charge in [-0.2, -0.15) is 0 Å². The third-order valence-corrected chi connectivity index (χ3v) is 2.56. The van der Waals surface area contributed by atoms with E-state index in [4.69, 9.17) is 9.15 Å². The first-order valence-electron chi connectivity index (χ1n) is 5.94. The van der Waals surface area contributed by atoms with Crippen molar-refractivity contribution in [1.82, 2.24) is 4.90 Å². The van der Waals surface area contributed by atoms with Gasteiger partial charge >= 0.3 is 5.97 Å². The van der Waals surface area contributed by atoms with Gasteiger partial charge in [-0.15, -0.1) is 0 Å². The van der Waals surface area contributed by atoms with Crippen molar-refractivity contribution in [2.24, 2.45) is 0 Å². The quantitative estimate of drug-likeness (QED) is 0.779. The molecule has 0 saturated carbocycles. The van der Waals surface area contributed by atoms with Gasteiger partial charge in [0.15, 0.2) is 0 Å². The molecule has 0 unspecified atom stereocenters. The number of ether oxygens (including phenoxy) is 1. The molecule has 1 aromatic heterocycles. The van der Waals surface area contributed by atoms with Crippen LogP contribution in [0.4, 0.5) is 0 Å². The van der Waals surface area contributed by atoms with Crippen molar-refractivity contribution in [3.63, 3.8) is 0 Å². The number of fused-ring (bicyclic) bond motifs is 1. The largest absolute Gasteiger partial charge is 0.460 e. The zero-order valence-corrected chi connectivity index (χ0v) is 10.9. The molecule has 0 fully saturated rings. The summed E-state index contributed by atoms with van der Waals surface area (Å²) in [4.78, 5) is 13.6. The monoisotopic (exact) mass is 247 g/mol. The molecule has 0 spiro atoms. The number of carbonyl (C=O) groups is 1. The van der Waals surface area contributed by atoms with E-state index in [2.05, 4.69) is 4.90 Å². The van der Waals surface area contributed by atoms with E-state index in [1.807, 2.05) is 32.3 Å². The Morgan fingerprint density at radius 1 is 1.33 bits per heavy atom. The first kappa shape index (κ1) is 12.6. The molecule has 0 aliphatic rings. The van der Waals surface area contributed by atoms with Crippen LogP contribution in [0.1, 0.15) is 23.0 Å². The molecule has 0 saturated heterocycles. The fraction of sp³-hybridized carbons (Fsp3) is 0.357. The Morgan fingerprint density at radius 3 is 2.78 bits per heavy atom. The van der Waals surface area contributed by atoms with Gasteiger partial charge in [0.05, 0.1) is 6.61 Å². The molecule has 0 radical (unpaired) electrons. The molecule has 1 heterocycles. The number of hydrogen-bond donors (Lipinski definition) is 0. The van der Waals surface area contributed by atoms with Gasteiger partial charge in [-0.05, 0) is 44.8 Å². The van der Waals surface area contributed by atoms with Crippen LogP contribution >= 0.6 is 0 Å². The molecule has 0 aliphatic heterocycles. The number of rotatable bonds is 4. The first-order valence-corrected chi connectivity index (χ1v) is 5.94. The number of carbonyl (C=O) groups excluding carboxylic acids is 1. The number of nitrogens with zero attached hydrogens (tertiary/aromatic N) is 1. The summed E-state index contributed by atoms with van der Waals surface area (Å²) in [5, 5.41) is 0.928. The summed E-state index contributed by atoms with van der Waals surface area (Å²) in [6.45, 7) is 2.98. The first-order chi connectivity index (χ1) is 8.60. The van der Waals surface area contributed by atoms with Crippen molar-refractivity contribution in [2.45, 2.75) is 13.5 Å². The molecule has 4 heteroatoms. The van der Waals surface area contributed by atoms with Gasteiger partial charge in [0.25, 0.3) is 0 Å². The van der Waals surface area contributed by atoms with Gasteiger partial charge in [0, 0.05) is 11.9 Å². The fourth-order valence-electron chi connectivity index (χ4n) is 1.86. The molecule has 2 rings (SSSR count). The standard InChI is InChI=1S/C14H17NO3/c1-4-17-14(16)13-8-11-7-10(9-15(2)3)5-6-12(11)18-13/h5-8H,4,9H2,1-3H3. The average molecular weight is 247 g/mol. The smallest absolute Gasteiger partial charge is 0.374 e. The third-order valence-electron chi connectivity index (χ3n) is 2.56. The lowest BCUT2D eigenvalue weighted by molar-refractivity contribution is 0.0492.